The highest BCUT2D eigenvalue weighted by Crippen LogP contribution is 2.29. The second-order valence-electron chi connectivity index (χ2n) is 6.49. The van der Waals surface area contributed by atoms with E-state index in [0.29, 0.717) is 12.2 Å². The number of nitrogens with one attached hydrogen (secondary N) is 1. The molecular formula is C19H24N4O2S. The van der Waals surface area contributed by atoms with Crippen molar-refractivity contribution >= 4 is 28.3 Å². The molecule has 7 heteroatoms. The molecule has 1 N–H and O–H groups in total. The van der Waals surface area contributed by atoms with Crippen LogP contribution in [-0.2, 0) is 4.74 Å². The molecule has 0 radical (unpaired) electrons. The van der Waals surface area contributed by atoms with Gasteiger partial charge in [-0.25, -0.2) is 9.67 Å². The molecular weight excluding hydrogens is 348 g/mol. The van der Waals surface area contributed by atoms with Gasteiger partial charge < -0.3 is 10.1 Å². The van der Waals surface area contributed by atoms with E-state index >= 15 is 0 Å². The SMILES string of the molecule is CCC(COC)NC(=O)c1cc(-c2cccs2)nc2c1cnn2C(C)C. The Kier molecular flexibility index (Phi) is 5.68. The summed E-state index contributed by atoms with van der Waals surface area (Å²) in [5.41, 5.74) is 2.12. The van der Waals surface area contributed by atoms with Gasteiger partial charge in [0.15, 0.2) is 5.65 Å². The van der Waals surface area contributed by atoms with Crippen LogP contribution in [0.25, 0.3) is 21.6 Å². The molecule has 3 aromatic heterocycles. The van der Waals surface area contributed by atoms with Crippen molar-refractivity contribution in [3.05, 3.63) is 35.3 Å². The second kappa shape index (κ2) is 7.97. The van der Waals surface area contributed by atoms with Crippen LogP contribution in [0.5, 0.6) is 0 Å². The highest BCUT2D eigenvalue weighted by atomic mass is 32.1. The quantitative estimate of drug-likeness (QED) is 0.683. The van der Waals surface area contributed by atoms with Crippen molar-refractivity contribution in [3.8, 4) is 10.6 Å². The van der Waals surface area contributed by atoms with E-state index in [4.69, 9.17) is 9.72 Å². The molecule has 3 heterocycles. The lowest BCUT2D eigenvalue weighted by Crippen LogP contribution is -2.37. The number of carbonyl (C=O) groups is 1. The van der Waals surface area contributed by atoms with Crippen LogP contribution in [-0.4, -0.2) is 40.4 Å². The molecule has 0 aromatic carbocycles. The van der Waals surface area contributed by atoms with Crippen LogP contribution >= 0.6 is 11.3 Å². The summed E-state index contributed by atoms with van der Waals surface area (Å²) in [6.07, 6.45) is 2.53. The number of aromatic nitrogens is 3. The summed E-state index contributed by atoms with van der Waals surface area (Å²) in [5, 5.41) is 10.3. The van der Waals surface area contributed by atoms with Crippen molar-refractivity contribution in [2.75, 3.05) is 13.7 Å². The zero-order valence-electron chi connectivity index (χ0n) is 15.5. The maximum Gasteiger partial charge on any atom is 0.252 e. The van der Waals surface area contributed by atoms with Crippen molar-refractivity contribution in [3.63, 3.8) is 0 Å². The Bertz CT molecular complexity index is 886. The number of ether oxygens (including phenoxy) is 1. The number of fused-ring (bicyclic) bond motifs is 1. The van der Waals surface area contributed by atoms with Gasteiger partial charge in [-0.15, -0.1) is 11.3 Å². The van der Waals surface area contributed by atoms with Crippen LogP contribution in [0.4, 0.5) is 0 Å². The zero-order chi connectivity index (χ0) is 18.7. The van der Waals surface area contributed by atoms with E-state index in [1.165, 1.54) is 0 Å². The van der Waals surface area contributed by atoms with Crippen molar-refractivity contribution in [1.82, 2.24) is 20.1 Å². The van der Waals surface area contributed by atoms with Gasteiger partial charge in [-0.2, -0.15) is 5.10 Å². The summed E-state index contributed by atoms with van der Waals surface area (Å²) < 4.78 is 7.05. The summed E-state index contributed by atoms with van der Waals surface area (Å²) in [6.45, 7) is 6.62. The third-order valence-electron chi connectivity index (χ3n) is 4.27. The molecule has 0 spiro atoms. The number of thiophene rings is 1. The number of amides is 1. The molecule has 0 fully saturated rings. The van der Waals surface area contributed by atoms with Gasteiger partial charge in [-0.05, 0) is 37.8 Å². The highest BCUT2D eigenvalue weighted by Gasteiger charge is 2.20. The molecule has 138 valence electrons. The summed E-state index contributed by atoms with van der Waals surface area (Å²) in [6, 6.07) is 5.98. The largest absolute Gasteiger partial charge is 0.383 e. The molecule has 0 aliphatic carbocycles. The Balaban J connectivity index is 2.09. The minimum atomic E-state index is -0.123. The lowest BCUT2D eigenvalue weighted by Gasteiger charge is -2.16. The normalized spacial score (nSPS) is 12.7. The van der Waals surface area contributed by atoms with Gasteiger partial charge >= 0.3 is 0 Å². The first kappa shape index (κ1) is 18.5. The molecule has 0 saturated heterocycles. The number of carbonyl (C=O) groups excluding carboxylic acids is 1. The highest BCUT2D eigenvalue weighted by molar-refractivity contribution is 7.13. The molecule has 0 aliphatic heterocycles. The third kappa shape index (κ3) is 3.64. The van der Waals surface area contributed by atoms with Crippen LogP contribution < -0.4 is 5.32 Å². The van der Waals surface area contributed by atoms with Crippen molar-refractivity contribution in [1.29, 1.82) is 0 Å². The third-order valence-corrected chi connectivity index (χ3v) is 5.16. The fourth-order valence-corrected chi connectivity index (χ4v) is 3.55. The summed E-state index contributed by atoms with van der Waals surface area (Å²) >= 11 is 1.60. The van der Waals surface area contributed by atoms with Crippen LogP contribution in [0.15, 0.2) is 29.8 Å². The number of rotatable bonds is 7. The number of hydrogen-bond acceptors (Lipinski definition) is 5. The first-order valence-corrected chi connectivity index (χ1v) is 9.65. The maximum absolute atomic E-state index is 13.0. The van der Waals surface area contributed by atoms with Gasteiger partial charge in [0.05, 0.1) is 40.4 Å². The molecule has 1 amide bonds. The molecule has 1 unspecified atom stereocenters. The van der Waals surface area contributed by atoms with Gasteiger partial charge in [0, 0.05) is 13.2 Å². The fraction of sp³-hybridized carbons (Fsp3) is 0.421. The van der Waals surface area contributed by atoms with E-state index in [1.54, 1.807) is 24.6 Å². The standard InChI is InChI=1S/C19H24N4O2S/c1-5-13(11-25-4)21-19(24)14-9-16(17-7-6-8-26-17)22-18-15(14)10-20-23(18)12(2)3/h6-10,12-13H,5,11H2,1-4H3,(H,21,24). The van der Waals surface area contributed by atoms with Gasteiger partial charge in [0.1, 0.15) is 0 Å². The smallest absolute Gasteiger partial charge is 0.252 e. The number of nitrogens with zero attached hydrogens (tertiary/aromatic N) is 3. The molecule has 0 saturated carbocycles. The summed E-state index contributed by atoms with van der Waals surface area (Å²) in [5.74, 6) is -0.123. The summed E-state index contributed by atoms with van der Waals surface area (Å²) in [7, 11) is 1.64. The molecule has 3 rings (SSSR count). The number of hydrogen-bond donors (Lipinski definition) is 1. The molecule has 26 heavy (non-hydrogen) atoms. The lowest BCUT2D eigenvalue weighted by molar-refractivity contribution is 0.0896. The van der Waals surface area contributed by atoms with E-state index in [0.717, 1.165) is 28.0 Å². The predicted octanol–water partition coefficient (Wildman–Crippen LogP) is 3.90. The van der Waals surface area contributed by atoms with Gasteiger partial charge in [0.2, 0.25) is 0 Å². The Labute approximate surface area is 157 Å². The predicted molar refractivity (Wildman–Crippen MR) is 105 cm³/mol. The Morgan fingerprint density at radius 2 is 2.23 bits per heavy atom. The molecule has 3 aromatic rings. The van der Waals surface area contributed by atoms with Gasteiger partial charge in [-0.3, -0.25) is 4.79 Å². The Hall–Kier alpha value is -2.25. The Morgan fingerprint density at radius 3 is 2.85 bits per heavy atom. The molecule has 1 atom stereocenters. The monoisotopic (exact) mass is 372 g/mol. The van der Waals surface area contributed by atoms with E-state index in [-0.39, 0.29) is 18.0 Å². The van der Waals surface area contributed by atoms with E-state index in [2.05, 4.69) is 24.3 Å². The molecule has 6 nitrogen and oxygen atoms in total. The van der Waals surface area contributed by atoms with Gasteiger partial charge in [0.25, 0.3) is 5.91 Å². The van der Waals surface area contributed by atoms with E-state index in [9.17, 15) is 4.79 Å². The van der Waals surface area contributed by atoms with Crippen molar-refractivity contribution in [2.45, 2.75) is 39.3 Å². The lowest BCUT2D eigenvalue weighted by atomic mass is 10.1. The topological polar surface area (TPSA) is 69.0 Å². The van der Waals surface area contributed by atoms with Crippen molar-refractivity contribution in [2.24, 2.45) is 0 Å². The van der Waals surface area contributed by atoms with Crippen LogP contribution in [0.1, 0.15) is 43.6 Å². The first-order valence-electron chi connectivity index (χ1n) is 8.77. The van der Waals surface area contributed by atoms with Crippen LogP contribution in [0, 0.1) is 0 Å². The Morgan fingerprint density at radius 1 is 1.42 bits per heavy atom. The zero-order valence-corrected chi connectivity index (χ0v) is 16.3. The number of pyridine rings is 1. The number of methoxy groups -OCH3 is 1. The van der Waals surface area contributed by atoms with E-state index in [1.807, 2.05) is 35.2 Å². The minimum absolute atomic E-state index is 0.0268. The molecule has 0 aliphatic rings. The average molecular weight is 372 g/mol. The molecule has 0 bridgehead atoms. The van der Waals surface area contributed by atoms with Crippen LogP contribution in [0.2, 0.25) is 0 Å². The second-order valence-corrected chi connectivity index (χ2v) is 7.43. The average Bonchev–Trinajstić information content (AvgIpc) is 3.29. The van der Waals surface area contributed by atoms with Crippen molar-refractivity contribution < 1.29 is 9.53 Å². The first-order chi connectivity index (χ1) is 12.5. The minimum Gasteiger partial charge on any atom is -0.383 e. The maximum atomic E-state index is 13.0. The van der Waals surface area contributed by atoms with Gasteiger partial charge in [-0.1, -0.05) is 13.0 Å². The van der Waals surface area contributed by atoms with E-state index < -0.39 is 0 Å². The summed E-state index contributed by atoms with van der Waals surface area (Å²) in [4.78, 5) is 18.8. The van der Waals surface area contributed by atoms with Crippen LogP contribution in [0.3, 0.4) is 0 Å². The fourth-order valence-electron chi connectivity index (χ4n) is 2.86.